The monoisotopic (exact) mass is 514 g/mol. The molecule has 0 bridgehead atoms. The van der Waals surface area contributed by atoms with E-state index < -0.39 is 11.8 Å². The second-order valence-electron chi connectivity index (χ2n) is 6.89. The van der Waals surface area contributed by atoms with Gasteiger partial charge in [0.2, 0.25) is 0 Å². The summed E-state index contributed by atoms with van der Waals surface area (Å²) in [6.07, 6.45) is 1.34. The first-order valence-corrected chi connectivity index (χ1v) is 10.9. The Morgan fingerprint density at radius 2 is 1.66 bits per heavy atom. The maximum atomic E-state index is 12.1. The van der Waals surface area contributed by atoms with E-state index in [0.29, 0.717) is 22.7 Å². The molecule has 35 heavy (non-hydrogen) atoms. The number of rotatable bonds is 8. The van der Waals surface area contributed by atoms with Crippen LogP contribution in [0.1, 0.15) is 5.56 Å². The van der Waals surface area contributed by atoms with Gasteiger partial charge in [0.05, 0.1) is 29.1 Å². The van der Waals surface area contributed by atoms with Crippen molar-refractivity contribution in [3.8, 4) is 11.5 Å². The fourth-order valence-electron chi connectivity index (χ4n) is 2.69. The Morgan fingerprint density at radius 3 is 2.40 bits per heavy atom. The molecule has 3 rings (SSSR count). The predicted molar refractivity (Wildman–Crippen MR) is 134 cm³/mol. The van der Waals surface area contributed by atoms with Crippen LogP contribution in [-0.2, 0) is 14.4 Å². The summed E-state index contributed by atoms with van der Waals surface area (Å²) >= 11 is 11.9. The zero-order chi connectivity index (χ0) is 25.2. The third-order valence-corrected chi connectivity index (χ3v) is 5.21. The molecule has 0 aromatic heterocycles. The number of benzene rings is 3. The van der Waals surface area contributed by atoms with Crippen LogP contribution in [-0.4, -0.2) is 37.7 Å². The molecule has 0 saturated carbocycles. The molecular formula is C24H20Cl2N4O5. The summed E-state index contributed by atoms with van der Waals surface area (Å²) in [6.45, 7) is -0.188. The lowest BCUT2D eigenvalue weighted by atomic mass is 10.2. The number of nitrogens with one attached hydrogen (secondary N) is 3. The average molecular weight is 515 g/mol. The lowest BCUT2D eigenvalue weighted by Gasteiger charge is -2.09. The number of carbonyl (C=O) groups excluding carboxylic acids is 3. The van der Waals surface area contributed by atoms with Gasteiger partial charge in [-0.15, -0.1) is 0 Å². The highest BCUT2D eigenvalue weighted by atomic mass is 35.5. The number of amides is 3. The van der Waals surface area contributed by atoms with Crippen LogP contribution < -0.4 is 25.5 Å². The van der Waals surface area contributed by atoms with Crippen molar-refractivity contribution in [2.45, 2.75) is 0 Å². The van der Waals surface area contributed by atoms with Gasteiger partial charge in [0.1, 0.15) is 11.5 Å². The van der Waals surface area contributed by atoms with Crippen molar-refractivity contribution < 1.29 is 23.9 Å². The van der Waals surface area contributed by atoms with Crippen molar-refractivity contribution in [3.05, 3.63) is 82.3 Å². The van der Waals surface area contributed by atoms with Gasteiger partial charge in [-0.2, -0.15) is 5.10 Å². The Kier molecular flexibility index (Phi) is 9.05. The van der Waals surface area contributed by atoms with Gasteiger partial charge in [-0.05, 0) is 54.1 Å². The zero-order valence-electron chi connectivity index (χ0n) is 18.4. The first kappa shape index (κ1) is 25.5. The molecule has 0 aliphatic carbocycles. The van der Waals surface area contributed by atoms with Crippen LogP contribution in [0.2, 0.25) is 10.0 Å². The minimum atomic E-state index is -0.987. The number of nitrogens with zero attached hydrogens (tertiary/aromatic N) is 1. The van der Waals surface area contributed by atoms with E-state index in [9.17, 15) is 14.4 Å². The molecule has 3 N–H and O–H groups in total. The molecular weight excluding hydrogens is 495 g/mol. The number of hydrogen-bond donors (Lipinski definition) is 3. The van der Waals surface area contributed by atoms with Crippen LogP contribution in [0.25, 0.3) is 0 Å². The van der Waals surface area contributed by atoms with Crippen LogP contribution in [0.15, 0.2) is 71.8 Å². The predicted octanol–water partition coefficient (Wildman–Crippen LogP) is 4.11. The molecule has 0 fully saturated rings. The number of hydrogen-bond acceptors (Lipinski definition) is 6. The van der Waals surface area contributed by atoms with Crippen LogP contribution in [0.3, 0.4) is 0 Å². The van der Waals surface area contributed by atoms with Gasteiger partial charge in [0, 0.05) is 11.8 Å². The SMILES string of the molecule is COc1cccc(NC(=O)COc2ccc(/C=N\NC(=O)C(=O)Nc3cccc(Cl)c3Cl)cc2)c1. The highest BCUT2D eigenvalue weighted by Gasteiger charge is 2.15. The van der Waals surface area contributed by atoms with Crippen molar-refractivity contribution in [1.29, 1.82) is 0 Å². The van der Waals surface area contributed by atoms with E-state index in [1.54, 1.807) is 67.8 Å². The lowest BCUT2D eigenvalue weighted by Crippen LogP contribution is -2.32. The van der Waals surface area contributed by atoms with Gasteiger partial charge in [-0.1, -0.05) is 35.3 Å². The van der Waals surface area contributed by atoms with E-state index in [-0.39, 0.29) is 28.2 Å². The Balaban J connectivity index is 1.44. The molecule has 9 nitrogen and oxygen atoms in total. The van der Waals surface area contributed by atoms with Crippen molar-refractivity contribution >= 4 is 58.5 Å². The number of methoxy groups -OCH3 is 1. The second kappa shape index (κ2) is 12.4. The van der Waals surface area contributed by atoms with Crippen molar-refractivity contribution in [2.24, 2.45) is 5.10 Å². The van der Waals surface area contributed by atoms with Gasteiger partial charge in [0.15, 0.2) is 6.61 Å². The van der Waals surface area contributed by atoms with Crippen molar-refractivity contribution in [1.82, 2.24) is 5.43 Å². The topological polar surface area (TPSA) is 118 Å². The molecule has 0 heterocycles. The molecule has 0 spiro atoms. The summed E-state index contributed by atoms with van der Waals surface area (Å²) in [5, 5.41) is 9.19. The van der Waals surface area contributed by atoms with Gasteiger partial charge >= 0.3 is 11.8 Å². The Labute approximate surface area is 211 Å². The fourth-order valence-corrected chi connectivity index (χ4v) is 3.04. The Bertz CT molecular complexity index is 1250. The van der Waals surface area contributed by atoms with Crippen LogP contribution in [0.5, 0.6) is 11.5 Å². The Morgan fingerprint density at radius 1 is 0.914 bits per heavy atom. The van der Waals surface area contributed by atoms with Gasteiger partial charge in [-0.25, -0.2) is 5.43 Å². The van der Waals surface area contributed by atoms with E-state index in [1.807, 2.05) is 0 Å². The molecule has 3 aromatic rings. The van der Waals surface area contributed by atoms with E-state index in [2.05, 4.69) is 21.2 Å². The average Bonchev–Trinajstić information content (AvgIpc) is 2.86. The molecule has 3 aromatic carbocycles. The fraction of sp³-hybridized carbons (Fsp3) is 0.0833. The molecule has 0 atom stereocenters. The van der Waals surface area contributed by atoms with Gasteiger partial charge < -0.3 is 20.1 Å². The molecule has 0 saturated heterocycles. The Hall–Kier alpha value is -4.08. The summed E-state index contributed by atoms with van der Waals surface area (Å²) in [4.78, 5) is 36.0. The van der Waals surface area contributed by atoms with Crippen molar-refractivity contribution in [3.63, 3.8) is 0 Å². The van der Waals surface area contributed by atoms with Crippen LogP contribution >= 0.6 is 23.2 Å². The smallest absolute Gasteiger partial charge is 0.329 e. The largest absolute Gasteiger partial charge is 0.497 e. The number of carbonyl (C=O) groups is 3. The third-order valence-electron chi connectivity index (χ3n) is 4.39. The minimum Gasteiger partial charge on any atom is -0.497 e. The highest BCUT2D eigenvalue weighted by Crippen LogP contribution is 2.29. The second-order valence-corrected chi connectivity index (χ2v) is 7.68. The maximum absolute atomic E-state index is 12.1. The number of ether oxygens (including phenoxy) is 2. The van der Waals surface area contributed by atoms with E-state index in [1.165, 1.54) is 12.3 Å². The van der Waals surface area contributed by atoms with E-state index in [0.717, 1.165) is 0 Å². The number of halogens is 2. The molecule has 0 aliphatic rings. The highest BCUT2D eigenvalue weighted by molar-refractivity contribution is 6.45. The van der Waals surface area contributed by atoms with Gasteiger partial charge in [-0.3, -0.25) is 14.4 Å². The molecule has 0 radical (unpaired) electrons. The normalized spacial score (nSPS) is 10.5. The van der Waals surface area contributed by atoms with Crippen LogP contribution in [0, 0.1) is 0 Å². The zero-order valence-corrected chi connectivity index (χ0v) is 19.9. The summed E-state index contributed by atoms with van der Waals surface area (Å²) in [6, 6.07) is 18.2. The minimum absolute atomic E-state index is 0.124. The molecule has 0 unspecified atom stereocenters. The molecule has 3 amide bonds. The van der Waals surface area contributed by atoms with Crippen molar-refractivity contribution in [2.75, 3.05) is 24.4 Å². The first-order valence-electron chi connectivity index (χ1n) is 10.1. The summed E-state index contributed by atoms with van der Waals surface area (Å²) < 4.78 is 10.6. The maximum Gasteiger partial charge on any atom is 0.329 e. The van der Waals surface area contributed by atoms with Crippen LogP contribution in [0.4, 0.5) is 11.4 Å². The summed E-state index contributed by atoms with van der Waals surface area (Å²) in [5.74, 6) is -1.18. The number of hydrazone groups is 1. The van der Waals surface area contributed by atoms with Gasteiger partial charge in [0.25, 0.3) is 5.91 Å². The van der Waals surface area contributed by atoms with E-state index in [4.69, 9.17) is 32.7 Å². The standard InChI is InChI=1S/C24H20Cl2N4O5/c1-34-18-5-2-4-16(12-18)28-21(31)14-35-17-10-8-15(9-11-17)13-27-30-24(33)23(32)29-20-7-3-6-19(25)22(20)26/h2-13H,14H2,1H3,(H,28,31)(H,29,32)(H,30,33)/b27-13-. The first-order chi connectivity index (χ1) is 16.9. The van der Waals surface area contributed by atoms with E-state index >= 15 is 0 Å². The number of anilines is 2. The quantitative estimate of drug-likeness (QED) is 0.237. The lowest BCUT2D eigenvalue weighted by molar-refractivity contribution is -0.136. The molecule has 180 valence electrons. The molecule has 11 heteroatoms. The third kappa shape index (κ3) is 7.73. The summed E-state index contributed by atoms with van der Waals surface area (Å²) in [5.41, 5.74) is 3.54. The molecule has 0 aliphatic heterocycles. The summed E-state index contributed by atoms with van der Waals surface area (Å²) in [7, 11) is 1.54.